The van der Waals surface area contributed by atoms with E-state index in [2.05, 4.69) is 20.8 Å². The van der Waals surface area contributed by atoms with Crippen molar-refractivity contribution in [1.82, 2.24) is 9.38 Å². The number of aromatic nitrogens is 2. The summed E-state index contributed by atoms with van der Waals surface area (Å²) in [7, 11) is 0. The number of thiazole rings is 1. The number of rotatable bonds is 2. The summed E-state index contributed by atoms with van der Waals surface area (Å²) in [5.74, 6) is 1.52. The van der Waals surface area contributed by atoms with Crippen LogP contribution in [0.3, 0.4) is 0 Å². The Morgan fingerprint density at radius 2 is 2.24 bits per heavy atom. The second-order valence-electron chi connectivity index (χ2n) is 4.79. The molecule has 3 aromatic rings. The molecule has 0 radical (unpaired) electrons. The van der Waals surface area contributed by atoms with Gasteiger partial charge in [0.2, 0.25) is 6.79 Å². The van der Waals surface area contributed by atoms with E-state index in [0.717, 1.165) is 39.1 Å². The maximum absolute atomic E-state index is 9.02. The van der Waals surface area contributed by atoms with Gasteiger partial charge >= 0.3 is 0 Å². The predicted molar refractivity (Wildman–Crippen MR) is 78.7 cm³/mol. The molecule has 0 amide bonds. The lowest BCUT2D eigenvalue weighted by Gasteiger charge is -2.04. The molecule has 5 nitrogen and oxygen atoms in total. The van der Waals surface area contributed by atoms with Crippen molar-refractivity contribution in [1.29, 1.82) is 5.26 Å². The number of nitrogens with zero attached hydrogens (tertiary/aromatic N) is 3. The van der Waals surface area contributed by atoms with Crippen molar-refractivity contribution in [3.63, 3.8) is 0 Å². The molecule has 0 fully saturated rings. The van der Waals surface area contributed by atoms with Gasteiger partial charge in [-0.25, -0.2) is 4.98 Å². The van der Waals surface area contributed by atoms with Gasteiger partial charge in [0, 0.05) is 10.9 Å². The molecule has 1 aromatic carbocycles. The predicted octanol–water partition coefficient (Wildman–Crippen LogP) is 3.17. The summed E-state index contributed by atoms with van der Waals surface area (Å²) in [6.45, 7) is 2.21. The Hall–Kier alpha value is -2.52. The Labute approximate surface area is 125 Å². The number of hydrogen-bond acceptors (Lipinski definition) is 5. The second-order valence-corrected chi connectivity index (χ2v) is 5.62. The summed E-state index contributed by atoms with van der Waals surface area (Å²) in [4.78, 5) is 5.43. The molecule has 0 aliphatic carbocycles. The Morgan fingerprint density at radius 3 is 3.10 bits per heavy atom. The van der Waals surface area contributed by atoms with Crippen LogP contribution >= 0.6 is 11.3 Å². The Bertz CT molecular complexity index is 888. The zero-order chi connectivity index (χ0) is 14.4. The fourth-order valence-electron chi connectivity index (χ4n) is 2.56. The van der Waals surface area contributed by atoms with Crippen LogP contribution in [0.1, 0.15) is 11.4 Å². The molecule has 2 aromatic heterocycles. The number of imidazole rings is 1. The van der Waals surface area contributed by atoms with Crippen LogP contribution in [0.5, 0.6) is 11.5 Å². The summed E-state index contributed by atoms with van der Waals surface area (Å²) in [5, 5.41) is 11.1. The molecule has 1 aliphatic rings. The molecule has 21 heavy (non-hydrogen) atoms. The number of nitriles is 1. The first-order chi connectivity index (χ1) is 10.3. The van der Waals surface area contributed by atoms with Gasteiger partial charge in [-0.2, -0.15) is 5.26 Å². The highest BCUT2D eigenvalue weighted by Crippen LogP contribution is 2.37. The molecule has 0 atom stereocenters. The van der Waals surface area contributed by atoms with Gasteiger partial charge in [0.05, 0.1) is 29.6 Å². The standard InChI is InChI=1S/C15H11N3O2S/c1-9-11(4-5-16)18-12(7-21-15(18)17-9)10-2-3-13-14(6-10)20-8-19-13/h2-3,6-7H,4,8H2,1H3. The average molecular weight is 297 g/mol. The topological polar surface area (TPSA) is 59.6 Å². The second kappa shape index (κ2) is 4.50. The van der Waals surface area contributed by atoms with E-state index in [1.165, 1.54) is 0 Å². The molecule has 3 heterocycles. The molecule has 6 heteroatoms. The van der Waals surface area contributed by atoms with E-state index in [1.807, 2.05) is 25.1 Å². The van der Waals surface area contributed by atoms with E-state index in [-0.39, 0.29) is 6.79 Å². The van der Waals surface area contributed by atoms with E-state index in [1.54, 1.807) is 11.3 Å². The van der Waals surface area contributed by atoms with Gasteiger partial charge in [-0.1, -0.05) is 0 Å². The number of hydrogen-bond donors (Lipinski definition) is 0. The van der Waals surface area contributed by atoms with Crippen molar-refractivity contribution in [2.45, 2.75) is 13.3 Å². The number of aryl methyl sites for hydroxylation is 1. The van der Waals surface area contributed by atoms with Crippen molar-refractivity contribution in [2.24, 2.45) is 0 Å². The lowest BCUT2D eigenvalue weighted by Crippen LogP contribution is -1.94. The van der Waals surface area contributed by atoms with Gasteiger partial charge in [0.15, 0.2) is 16.5 Å². The highest BCUT2D eigenvalue weighted by atomic mass is 32.1. The summed E-state index contributed by atoms with van der Waals surface area (Å²) in [6, 6.07) is 8.09. The zero-order valence-corrected chi connectivity index (χ0v) is 12.1. The lowest BCUT2D eigenvalue weighted by molar-refractivity contribution is 0.174. The summed E-state index contributed by atoms with van der Waals surface area (Å²) in [5.41, 5.74) is 3.91. The third kappa shape index (κ3) is 1.78. The van der Waals surface area contributed by atoms with Gasteiger partial charge < -0.3 is 9.47 Å². The van der Waals surface area contributed by atoms with Crippen molar-refractivity contribution in [3.8, 4) is 28.8 Å². The molecule has 0 saturated heterocycles. The molecule has 0 spiro atoms. The minimum atomic E-state index is 0.266. The van der Waals surface area contributed by atoms with Gasteiger partial charge in [0.1, 0.15) is 0 Å². The SMILES string of the molecule is Cc1nc2scc(-c3ccc4c(c3)OCO4)n2c1CC#N. The van der Waals surface area contributed by atoms with Crippen LogP contribution in [0.2, 0.25) is 0 Å². The molecule has 0 N–H and O–H groups in total. The van der Waals surface area contributed by atoms with Gasteiger partial charge in [0.25, 0.3) is 0 Å². The van der Waals surface area contributed by atoms with Crippen LogP contribution in [0.4, 0.5) is 0 Å². The van der Waals surface area contributed by atoms with Gasteiger partial charge in [-0.15, -0.1) is 11.3 Å². The van der Waals surface area contributed by atoms with Crippen LogP contribution in [0, 0.1) is 18.3 Å². The fraction of sp³-hybridized carbons (Fsp3) is 0.200. The first kappa shape index (κ1) is 12.2. The van der Waals surface area contributed by atoms with E-state index >= 15 is 0 Å². The molecular weight excluding hydrogens is 286 g/mol. The molecule has 0 saturated carbocycles. The van der Waals surface area contributed by atoms with Crippen molar-refractivity contribution >= 4 is 16.3 Å². The highest BCUT2D eigenvalue weighted by molar-refractivity contribution is 7.15. The van der Waals surface area contributed by atoms with E-state index in [4.69, 9.17) is 14.7 Å². The van der Waals surface area contributed by atoms with E-state index < -0.39 is 0 Å². The van der Waals surface area contributed by atoms with Gasteiger partial charge in [-0.3, -0.25) is 4.40 Å². The van der Waals surface area contributed by atoms with Crippen molar-refractivity contribution < 1.29 is 9.47 Å². The smallest absolute Gasteiger partial charge is 0.231 e. The third-order valence-electron chi connectivity index (χ3n) is 3.57. The minimum Gasteiger partial charge on any atom is -0.454 e. The quantitative estimate of drug-likeness (QED) is 0.729. The zero-order valence-electron chi connectivity index (χ0n) is 11.3. The van der Waals surface area contributed by atoms with Crippen LogP contribution in [0.15, 0.2) is 23.6 Å². The van der Waals surface area contributed by atoms with E-state index in [0.29, 0.717) is 6.42 Å². The van der Waals surface area contributed by atoms with Crippen molar-refractivity contribution in [3.05, 3.63) is 35.0 Å². The molecule has 104 valence electrons. The molecular formula is C15H11N3O2S. The molecule has 0 unspecified atom stereocenters. The maximum Gasteiger partial charge on any atom is 0.231 e. The largest absolute Gasteiger partial charge is 0.454 e. The maximum atomic E-state index is 9.02. The lowest BCUT2D eigenvalue weighted by atomic mass is 10.1. The number of benzene rings is 1. The van der Waals surface area contributed by atoms with Crippen LogP contribution < -0.4 is 9.47 Å². The van der Waals surface area contributed by atoms with Crippen LogP contribution in [-0.2, 0) is 6.42 Å². The third-order valence-corrected chi connectivity index (χ3v) is 4.40. The Balaban J connectivity index is 1.92. The first-order valence-electron chi connectivity index (χ1n) is 6.50. The normalized spacial score (nSPS) is 12.8. The van der Waals surface area contributed by atoms with E-state index in [9.17, 15) is 0 Å². The summed E-state index contributed by atoms with van der Waals surface area (Å²) >= 11 is 1.57. The van der Waals surface area contributed by atoms with Crippen LogP contribution in [-0.4, -0.2) is 16.2 Å². The Morgan fingerprint density at radius 1 is 1.38 bits per heavy atom. The van der Waals surface area contributed by atoms with Gasteiger partial charge in [-0.05, 0) is 25.1 Å². The number of fused-ring (bicyclic) bond motifs is 2. The molecule has 0 bridgehead atoms. The average Bonchev–Trinajstić information content (AvgIpc) is 3.15. The Kier molecular flexibility index (Phi) is 2.62. The van der Waals surface area contributed by atoms with Crippen LogP contribution in [0.25, 0.3) is 16.2 Å². The number of ether oxygens (including phenoxy) is 2. The van der Waals surface area contributed by atoms with Crippen molar-refractivity contribution in [2.75, 3.05) is 6.79 Å². The molecule has 1 aliphatic heterocycles. The highest BCUT2D eigenvalue weighted by Gasteiger charge is 2.18. The fourth-order valence-corrected chi connectivity index (χ4v) is 3.52. The summed E-state index contributed by atoms with van der Waals surface area (Å²) in [6.07, 6.45) is 0.348. The molecule has 4 rings (SSSR count). The minimum absolute atomic E-state index is 0.266. The monoisotopic (exact) mass is 297 g/mol. The summed E-state index contributed by atoms with van der Waals surface area (Å²) < 4.78 is 12.8. The first-order valence-corrected chi connectivity index (χ1v) is 7.38.